The molecule has 3 heteroatoms. The zero-order valence-electron chi connectivity index (χ0n) is 8.93. The molecule has 84 valence electrons. The lowest BCUT2D eigenvalue weighted by atomic mass is 10.0. The molecule has 0 aliphatic heterocycles. The van der Waals surface area contributed by atoms with Gasteiger partial charge in [-0.05, 0) is 24.8 Å². The second-order valence-electron chi connectivity index (χ2n) is 4.10. The van der Waals surface area contributed by atoms with Crippen molar-refractivity contribution in [2.24, 2.45) is 5.92 Å². The van der Waals surface area contributed by atoms with E-state index in [1.165, 1.54) is 12.1 Å². The molecular weight excluding hydrogens is 218 g/mol. The van der Waals surface area contributed by atoms with E-state index < -0.39 is 11.6 Å². The number of hydrogen-bond acceptors (Lipinski definition) is 0. The average Bonchev–Trinajstić information content (AvgIpc) is 2.14. The predicted octanol–water partition coefficient (Wildman–Crippen LogP) is 4.68. The van der Waals surface area contributed by atoms with Gasteiger partial charge in [0.05, 0.1) is 5.38 Å². The second-order valence-corrected chi connectivity index (χ2v) is 4.63. The summed E-state index contributed by atoms with van der Waals surface area (Å²) in [5.74, 6) is -0.586. The van der Waals surface area contributed by atoms with Crippen LogP contribution in [0.25, 0.3) is 0 Å². The molecule has 0 radical (unpaired) electrons. The van der Waals surface area contributed by atoms with Crippen LogP contribution in [-0.2, 0) is 0 Å². The molecule has 0 heterocycles. The van der Waals surface area contributed by atoms with Crippen molar-refractivity contribution < 1.29 is 8.78 Å². The predicted molar refractivity (Wildman–Crippen MR) is 59.0 cm³/mol. The van der Waals surface area contributed by atoms with E-state index in [0.29, 0.717) is 17.9 Å². The number of benzene rings is 1. The second kappa shape index (κ2) is 5.45. The maximum atomic E-state index is 13.3. The van der Waals surface area contributed by atoms with Crippen LogP contribution in [0.3, 0.4) is 0 Å². The molecule has 1 atom stereocenters. The van der Waals surface area contributed by atoms with Crippen molar-refractivity contribution in [3.8, 4) is 0 Å². The third kappa shape index (κ3) is 3.78. The molecule has 1 rings (SSSR count). The average molecular weight is 233 g/mol. The van der Waals surface area contributed by atoms with Gasteiger partial charge in [0.25, 0.3) is 0 Å². The molecule has 0 bridgehead atoms. The molecule has 1 aromatic rings. The highest BCUT2D eigenvalue weighted by molar-refractivity contribution is 6.20. The third-order valence-electron chi connectivity index (χ3n) is 2.30. The molecule has 0 amide bonds. The van der Waals surface area contributed by atoms with E-state index >= 15 is 0 Å². The highest BCUT2D eigenvalue weighted by Crippen LogP contribution is 2.29. The summed E-state index contributed by atoms with van der Waals surface area (Å²) in [4.78, 5) is 0. The number of alkyl halides is 1. The smallest absolute Gasteiger partial charge is 0.130 e. The number of hydrogen-bond donors (Lipinski definition) is 0. The summed E-state index contributed by atoms with van der Waals surface area (Å²) >= 11 is 6.05. The van der Waals surface area contributed by atoms with Crippen molar-refractivity contribution in [1.29, 1.82) is 0 Å². The Morgan fingerprint density at radius 1 is 1.20 bits per heavy atom. The van der Waals surface area contributed by atoms with Gasteiger partial charge in [0, 0.05) is 11.6 Å². The van der Waals surface area contributed by atoms with Gasteiger partial charge in [-0.2, -0.15) is 0 Å². The Morgan fingerprint density at radius 2 is 1.87 bits per heavy atom. The van der Waals surface area contributed by atoms with Crippen molar-refractivity contribution in [3.05, 3.63) is 35.4 Å². The van der Waals surface area contributed by atoms with E-state index in [9.17, 15) is 8.78 Å². The van der Waals surface area contributed by atoms with Crippen molar-refractivity contribution in [3.63, 3.8) is 0 Å². The Bertz CT molecular complexity index is 323. The maximum absolute atomic E-state index is 13.3. The maximum Gasteiger partial charge on any atom is 0.130 e. The Hall–Kier alpha value is -0.630. The summed E-state index contributed by atoms with van der Waals surface area (Å²) in [7, 11) is 0. The van der Waals surface area contributed by atoms with E-state index in [1.54, 1.807) is 0 Å². The van der Waals surface area contributed by atoms with Gasteiger partial charge in [-0.25, -0.2) is 8.78 Å². The van der Waals surface area contributed by atoms with Crippen LogP contribution >= 0.6 is 11.6 Å². The Morgan fingerprint density at radius 3 is 2.40 bits per heavy atom. The van der Waals surface area contributed by atoms with Crippen molar-refractivity contribution >= 4 is 11.6 Å². The van der Waals surface area contributed by atoms with E-state index in [0.717, 1.165) is 12.5 Å². The fourth-order valence-electron chi connectivity index (χ4n) is 1.39. The van der Waals surface area contributed by atoms with Crippen LogP contribution in [0.2, 0.25) is 0 Å². The minimum atomic E-state index is -0.566. The fourth-order valence-corrected chi connectivity index (χ4v) is 1.69. The molecule has 0 aliphatic carbocycles. The minimum Gasteiger partial charge on any atom is -0.207 e. The number of halogens is 3. The molecule has 0 nitrogen and oxygen atoms in total. The van der Waals surface area contributed by atoms with Crippen LogP contribution in [0.4, 0.5) is 8.78 Å². The minimum absolute atomic E-state index is 0.368. The van der Waals surface area contributed by atoms with Gasteiger partial charge < -0.3 is 0 Å². The first-order valence-corrected chi connectivity index (χ1v) is 5.53. The molecule has 0 fully saturated rings. The fraction of sp³-hybridized carbons (Fsp3) is 0.500. The van der Waals surface area contributed by atoms with Crippen LogP contribution < -0.4 is 0 Å². The molecule has 15 heavy (non-hydrogen) atoms. The zero-order chi connectivity index (χ0) is 11.4. The van der Waals surface area contributed by atoms with E-state index in [1.807, 2.05) is 0 Å². The van der Waals surface area contributed by atoms with Crippen LogP contribution in [-0.4, -0.2) is 0 Å². The van der Waals surface area contributed by atoms with Crippen LogP contribution in [0.1, 0.15) is 37.6 Å². The number of rotatable bonds is 4. The van der Waals surface area contributed by atoms with Crippen molar-refractivity contribution in [1.82, 2.24) is 0 Å². The first-order chi connectivity index (χ1) is 7.00. The Labute approximate surface area is 94.3 Å². The van der Waals surface area contributed by atoms with E-state index in [4.69, 9.17) is 11.6 Å². The topological polar surface area (TPSA) is 0 Å². The van der Waals surface area contributed by atoms with Crippen molar-refractivity contribution in [2.75, 3.05) is 0 Å². The Balaban J connectivity index is 2.69. The molecule has 0 saturated carbocycles. The van der Waals surface area contributed by atoms with Gasteiger partial charge in [0.15, 0.2) is 0 Å². The standard InChI is InChI=1S/C12H15ClF2/c1-8(2)3-6-11(13)10-5-4-9(14)7-12(10)15/h4-5,7-8,11H,3,6H2,1-2H3. The summed E-state index contributed by atoms with van der Waals surface area (Å²) in [6, 6.07) is 3.53. The van der Waals surface area contributed by atoms with Gasteiger partial charge in [-0.1, -0.05) is 19.9 Å². The van der Waals surface area contributed by atoms with Crippen LogP contribution in [0.15, 0.2) is 18.2 Å². The SMILES string of the molecule is CC(C)CCC(Cl)c1ccc(F)cc1F. The molecular formula is C12H15ClF2. The normalized spacial score (nSPS) is 13.2. The highest BCUT2D eigenvalue weighted by atomic mass is 35.5. The first-order valence-electron chi connectivity index (χ1n) is 5.09. The van der Waals surface area contributed by atoms with Crippen LogP contribution in [0, 0.1) is 17.6 Å². The monoisotopic (exact) mass is 232 g/mol. The quantitative estimate of drug-likeness (QED) is 0.661. The lowest BCUT2D eigenvalue weighted by Crippen LogP contribution is -1.98. The molecule has 1 unspecified atom stereocenters. The van der Waals surface area contributed by atoms with Gasteiger partial charge in [0.1, 0.15) is 11.6 Å². The van der Waals surface area contributed by atoms with E-state index in [-0.39, 0.29) is 5.38 Å². The summed E-state index contributed by atoms with van der Waals surface area (Å²) in [5.41, 5.74) is 0.388. The Kier molecular flexibility index (Phi) is 4.52. The van der Waals surface area contributed by atoms with E-state index in [2.05, 4.69) is 13.8 Å². The van der Waals surface area contributed by atoms with Crippen LogP contribution in [0.5, 0.6) is 0 Å². The van der Waals surface area contributed by atoms with Gasteiger partial charge >= 0.3 is 0 Å². The highest BCUT2D eigenvalue weighted by Gasteiger charge is 2.13. The summed E-state index contributed by atoms with van der Waals surface area (Å²) in [5, 5.41) is -0.368. The van der Waals surface area contributed by atoms with Crippen molar-refractivity contribution in [2.45, 2.75) is 32.1 Å². The molecule has 0 saturated heterocycles. The summed E-state index contributed by atoms with van der Waals surface area (Å²) < 4.78 is 25.9. The molecule has 1 aromatic carbocycles. The molecule has 0 N–H and O–H groups in total. The lowest BCUT2D eigenvalue weighted by Gasteiger charge is -2.12. The largest absolute Gasteiger partial charge is 0.207 e. The van der Waals surface area contributed by atoms with Gasteiger partial charge in [-0.15, -0.1) is 11.6 Å². The van der Waals surface area contributed by atoms with Gasteiger partial charge in [0.2, 0.25) is 0 Å². The van der Waals surface area contributed by atoms with Gasteiger partial charge in [-0.3, -0.25) is 0 Å². The lowest BCUT2D eigenvalue weighted by molar-refractivity contribution is 0.529. The zero-order valence-corrected chi connectivity index (χ0v) is 9.69. The summed E-state index contributed by atoms with van der Waals surface area (Å²) in [6.45, 7) is 4.18. The molecule has 0 spiro atoms. The first kappa shape index (κ1) is 12.4. The molecule has 0 aliphatic rings. The molecule has 0 aromatic heterocycles. The third-order valence-corrected chi connectivity index (χ3v) is 2.75. The summed E-state index contributed by atoms with van der Waals surface area (Å²) in [6.07, 6.45) is 1.65.